The van der Waals surface area contributed by atoms with Crippen molar-refractivity contribution in [2.45, 2.75) is 37.5 Å². The average molecular weight is 236 g/mol. The van der Waals surface area contributed by atoms with Crippen molar-refractivity contribution in [3.05, 3.63) is 0 Å². The molecule has 3 N–H and O–H groups in total. The van der Waals surface area contributed by atoms with Crippen LogP contribution in [0, 0.1) is 0 Å². The summed E-state index contributed by atoms with van der Waals surface area (Å²) in [5.41, 5.74) is 4.55. The molecule has 2 atom stereocenters. The highest BCUT2D eigenvalue weighted by molar-refractivity contribution is 7.89. The van der Waals surface area contributed by atoms with Crippen LogP contribution < -0.4 is 5.73 Å². The first-order valence-electron chi connectivity index (χ1n) is 5.25. The van der Waals surface area contributed by atoms with Gasteiger partial charge >= 0.3 is 0 Å². The second-order valence-electron chi connectivity index (χ2n) is 4.39. The van der Waals surface area contributed by atoms with E-state index in [2.05, 4.69) is 0 Å². The molecule has 2 unspecified atom stereocenters. The molecular weight excluding hydrogens is 216 g/mol. The molecule has 1 aliphatic rings. The molecule has 5 nitrogen and oxygen atoms in total. The average Bonchev–Trinajstić information content (AvgIpc) is 2.48. The van der Waals surface area contributed by atoms with Crippen molar-refractivity contribution < 1.29 is 13.5 Å². The maximum atomic E-state index is 12.0. The maximum Gasteiger partial charge on any atom is 0.218 e. The Balaban J connectivity index is 2.80. The lowest BCUT2D eigenvalue weighted by Crippen LogP contribution is -2.42. The van der Waals surface area contributed by atoms with Crippen LogP contribution in [0.25, 0.3) is 0 Å². The number of sulfonamides is 1. The minimum absolute atomic E-state index is 0.136. The molecule has 1 saturated heterocycles. The molecule has 0 spiro atoms. The summed E-state index contributed by atoms with van der Waals surface area (Å²) in [5, 5.41) is 9.20. The van der Waals surface area contributed by atoms with Crippen molar-refractivity contribution in [2.75, 3.05) is 19.6 Å². The third-order valence-electron chi connectivity index (χ3n) is 2.92. The lowest BCUT2D eigenvalue weighted by atomic mass is 10.1. The Morgan fingerprint density at radius 2 is 2.20 bits per heavy atom. The molecule has 90 valence electrons. The molecule has 0 aromatic heterocycles. The first kappa shape index (κ1) is 12.9. The minimum Gasteiger partial charge on any atom is -0.389 e. The quantitative estimate of drug-likeness (QED) is 0.690. The summed E-state index contributed by atoms with van der Waals surface area (Å²) in [6, 6.07) is 0. The van der Waals surface area contributed by atoms with E-state index < -0.39 is 20.9 Å². The highest BCUT2D eigenvalue weighted by Gasteiger charge is 2.40. The van der Waals surface area contributed by atoms with Gasteiger partial charge in [0.05, 0.1) is 10.9 Å². The first-order chi connectivity index (χ1) is 6.83. The van der Waals surface area contributed by atoms with Crippen LogP contribution in [0.15, 0.2) is 0 Å². The largest absolute Gasteiger partial charge is 0.389 e. The smallest absolute Gasteiger partial charge is 0.218 e. The van der Waals surface area contributed by atoms with Gasteiger partial charge in [-0.25, -0.2) is 8.42 Å². The fraction of sp³-hybridized carbons (Fsp3) is 1.00. The van der Waals surface area contributed by atoms with Crippen molar-refractivity contribution in [3.63, 3.8) is 0 Å². The lowest BCUT2D eigenvalue weighted by molar-refractivity contribution is 0.0762. The standard InChI is InChI=1S/C9H20N2O3S/c1-3-8(6-10)15(13,14)11-5-4-9(2,12)7-11/h8,12H,3-7,10H2,1-2H3. The maximum absolute atomic E-state index is 12.0. The van der Waals surface area contributed by atoms with Gasteiger partial charge in [0, 0.05) is 19.6 Å². The molecule has 1 fully saturated rings. The van der Waals surface area contributed by atoms with Gasteiger partial charge in [-0.1, -0.05) is 6.92 Å². The molecule has 6 heteroatoms. The zero-order valence-corrected chi connectivity index (χ0v) is 10.1. The lowest BCUT2D eigenvalue weighted by Gasteiger charge is -2.23. The van der Waals surface area contributed by atoms with E-state index in [1.807, 2.05) is 6.92 Å². The fourth-order valence-corrected chi connectivity index (χ4v) is 3.72. The third kappa shape index (κ3) is 2.69. The Kier molecular flexibility index (Phi) is 3.76. The number of aliphatic hydroxyl groups is 1. The molecule has 0 amide bonds. The van der Waals surface area contributed by atoms with Gasteiger partial charge in [0.2, 0.25) is 10.0 Å². The van der Waals surface area contributed by atoms with E-state index in [-0.39, 0.29) is 13.1 Å². The van der Waals surface area contributed by atoms with Crippen LogP contribution in [0.2, 0.25) is 0 Å². The second-order valence-corrected chi connectivity index (χ2v) is 6.60. The Bertz CT molecular complexity index is 309. The molecule has 0 bridgehead atoms. The number of hydrogen-bond acceptors (Lipinski definition) is 4. The van der Waals surface area contributed by atoms with Crippen molar-refractivity contribution in [2.24, 2.45) is 5.73 Å². The molecule has 1 heterocycles. The van der Waals surface area contributed by atoms with E-state index in [1.165, 1.54) is 4.31 Å². The van der Waals surface area contributed by atoms with Gasteiger partial charge in [0.15, 0.2) is 0 Å². The highest BCUT2D eigenvalue weighted by Crippen LogP contribution is 2.25. The summed E-state index contributed by atoms with van der Waals surface area (Å²) < 4.78 is 25.4. The Labute approximate surface area is 91.3 Å². The van der Waals surface area contributed by atoms with Crippen molar-refractivity contribution in [3.8, 4) is 0 Å². The van der Waals surface area contributed by atoms with Crippen LogP contribution in [0.4, 0.5) is 0 Å². The normalized spacial score (nSPS) is 30.7. The first-order valence-corrected chi connectivity index (χ1v) is 6.75. The highest BCUT2D eigenvalue weighted by atomic mass is 32.2. The number of nitrogens with zero attached hydrogens (tertiary/aromatic N) is 1. The number of β-amino-alcohol motifs (C(OH)–C–C–N with tert-alkyl or cyclic N) is 1. The SMILES string of the molecule is CCC(CN)S(=O)(=O)N1CCC(C)(O)C1. The van der Waals surface area contributed by atoms with E-state index in [9.17, 15) is 13.5 Å². The van der Waals surface area contributed by atoms with E-state index in [4.69, 9.17) is 5.73 Å². The number of hydrogen-bond donors (Lipinski definition) is 2. The molecule has 0 aromatic carbocycles. The monoisotopic (exact) mass is 236 g/mol. The molecule has 0 aromatic rings. The van der Waals surface area contributed by atoms with E-state index in [0.29, 0.717) is 19.4 Å². The van der Waals surface area contributed by atoms with Crippen LogP contribution in [-0.4, -0.2) is 48.3 Å². The predicted molar refractivity (Wildman–Crippen MR) is 58.9 cm³/mol. The number of nitrogens with two attached hydrogens (primary N) is 1. The number of rotatable bonds is 4. The zero-order valence-electron chi connectivity index (χ0n) is 9.31. The predicted octanol–water partition coefficient (Wildman–Crippen LogP) is -0.490. The van der Waals surface area contributed by atoms with Crippen LogP contribution in [0.5, 0.6) is 0 Å². The van der Waals surface area contributed by atoms with Crippen LogP contribution in [0.3, 0.4) is 0 Å². The second kappa shape index (κ2) is 4.37. The minimum atomic E-state index is -3.32. The Morgan fingerprint density at radius 3 is 2.53 bits per heavy atom. The molecule has 1 rings (SSSR count). The van der Waals surface area contributed by atoms with E-state index >= 15 is 0 Å². The van der Waals surface area contributed by atoms with Gasteiger partial charge < -0.3 is 10.8 Å². The summed E-state index contributed by atoms with van der Waals surface area (Å²) in [5.74, 6) is 0. The summed E-state index contributed by atoms with van der Waals surface area (Å²) in [6.45, 7) is 4.18. The van der Waals surface area contributed by atoms with E-state index in [0.717, 1.165) is 0 Å². The van der Waals surface area contributed by atoms with E-state index in [1.54, 1.807) is 6.92 Å². The van der Waals surface area contributed by atoms with Crippen LogP contribution in [-0.2, 0) is 10.0 Å². The van der Waals surface area contributed by atoms with Crippen LogP contribution >= 0.6 is 0 Å². The van der Waals surface area contributed by atoms with Crippen LogP contribution in [0.1, 0.15) is 26.7 Å². The third-order valence-corrected chi connectivity index (χ3v) is 5.32. The van der Waals surface area contributed by atoms with Gasteiger partial charge in [-0.05, 0) is 19.8 Å². The summed E-state index contributed by atoms with van der Waals surface area (Å²) in [6.07, 6.45) is 1.00. The van der Waals surface area contributed by atoms with Gasteiger partial charge in [-0.15, -0.1) is 0 Å². The molecule has 1 aliphatic heterocycles. The molecule has 0 saturated carbocycles. The van der Waals surface area contributed by atoms with Crippen molar-refractivity contribution in [1.29, 1.82) is 0 Å². The molecular formula is C9H20N2O3S. The Morgan fingerprint density at radius 1 is 1.60 bits per heavy atom. The Hall–Kier alpha value is -0.170. The summed E-state index contributed by atoms with van der Waals surface area (Å²) in [7, 11) is -3.32. The zero-order chi connectivity index (χ0) is 11.7. The van der Waals surface area contributed by atoms with Gasteiger partial charge in [-0.2, -0.15) is 4.31 Å². The van der Waals surface area contributed by atoms with Crippen molar-refractivity contribution >= 4 is 10.0 Å². The van der Waals surface area contributed by atoms with Gasteiger partial charge in [-0.3, -0.25) is 0 Å². The fourth-order valence-electron chi connectivity index (χ4n) is 1.83. The van der Waals surface area contributed by atoms with Crippen molar-refractivity contribution in [1.82, 2.24) is 4.31 Å². The summed E-state index contributed by atoms with van der Waals surface area (Å²) >= 11 is 0. The molecule has 0 aliphatic carbocycles. The van der Waals surface area contributed by atoms with Gasteiger partial charge in [0.1, 0.15) is 0 Å². The molecule has 15 heavy (non-hydrogen) atoms. The molecule has 0 radical (unpaired) electrons. The van der Waals surface area contributed by atoms with Gasteiger partial charge in [0.25, 0.3) is 0 Å². The topological polar surface area (TPSA) is 83.6 Å². The summed E-state index contributed by atoms with van der Waals surface area (Å²) in [4.78, 5) is 0.